The van der Waals surface area contributed by atoms with Gasteiger partial charge in [0.2, 0.25) is 0 Å². The minimum absolute atomic E-state index is 0.221. The largest absolute Gasteiger partial charge is 0.358 e. The number of para-hydroxylation sites is 1. The predicted octanol–water partition coefficient (Wildman–Crippen LogP) is 3.09. The third-order valence-electron chi connectivity index (χ3n) is 3.42. The molecule has 4 rings (SSSR count). The molecule has 0 radical (unpaired) electrons. The first-order chi connectivity index (χ1) is 10.7. The van der Waals surface area contributed by atoms with Crippen molar-refractivity contribution in [3.05, 3.63) is 60.3 Å². The number of hydrogen-bond donors (Lipinski definition) is 1. The number of aromatic amines is 1. The zero-order valence-electron chi connectivity index (χ0n) is 11.2. The molecule has 0 spiro atoms. The summed E-state index contributed by atoms with van der Waals surface area (Å²) in [6.45, 7) is 0. The molecule has 2 aromatic carbocycles. The molecular weight excluding hydrogens is 288 g/mol. The van der Waals surface area contributed by atoms with Crippen LogP contribution in [0, 0.1) is 11.6 Å². The van der Waals surface area contributed by atoms with Crippen molar-refractivity contribution in [2.45, 2.75) is 0 Å². The fraction of sp³-hybridized carbons (Fsp3) is 0. The molecule has 108 valence electrons. The Morgan fingerprint density at radius 3 is 2.68 bits per heavy atom. The number of benzene rings is 2. The number of halogens is 2. The van der Waals surface area contributed by atoms with Crippen LogP contribution < -0.4 is 0 Å². The van der Waals surface area contributed by atoms with E-state index in [0.29, 0.717) is 16.8 Å². The minimum Gasteiger partial charge on any atom is -0.358 e. The van der Waals surface area contributed by atoms with Gasteiger partial charge in [-0.15, -0.1) is 5.10 Å². The first-order valence-corrected chi connectivity index (χ1v) is 6.54. The molecule has 1 N–H and O–H groups in total. The second-order valence-corrected chi connectivity index (χ2v) is 4.76. The third-order valence-corrected chi connectivity index (χ3v) is 3.42. The molecule has 0 fully saturated rings. The van der Waals surface area contributed by atoms with Crippen LogP contribution in [0.2, 0.25) is 0 Å². The molecule has 7 heteroatoms. The van der Waals surface area contributed by atoms with Crippen LogP contribution in [0.1, 0.15) is 0 Å². The number of nitrogens with zero attached hydrogens (tertiary/aromatic N) is 4. The lowest BCUT2D eigenvalue weighted by atomic mass is 10.1. The zero-order valence-corrected chi connectivity index (χ0v) is 11.2. The highest BCUT2D eigenvalue weighted by Crippen LogP contribution is 2.30. The topological polar surface area (TPSA) is 59.4 Å². The number of tetrazole rings is 1. The fourth-order valence-corrected chi connectivity index (χ4v) is 2.44. The van der Waals surface area contributed by atoms with Crippen LogP contribution in [0.5, 0.6) is 0 Å². The molecule has 0 bridgehead atoms. The first kappa shape index (κ1) is 12.6. The molecule has 0 saturated heterocycles. The summed E-state index contributed by atoms with van der Waals surface area (Å²) in [7, 11) is 0. The van der Waals surface area contributed by atoms with Gasteiger partial charge in [0.15, 0.2) is 5.82 Å². The summed E-state index contributed by atoms with van der Waals surface area (Å²) < 4.78 is 28.8. The van der Waals surface area contributed by atoms with E-state index in [4.69, 9.17) is 0 Å². The van der Waals surface area contributed by atoms with Crippen molar-refractivity contribution in [2.75, 3.05) is 0 Å². The van der Waals surface area contributed by atoms with Crippen LogP contribution >= 0.6 is 0 Å². The van der Waals surface area contributed by atoms with Crippen molar-refractivity contribution in [3.63, 3.8) is 0 Å². The highest BCUT2D eigenvalue weighted by atomic mass is 19.1. The van der Waals surface area contributed by atoms with Crippen molar-refractivity contribution in [2.24, 2.45) is 0 Å². The minimum atomic E-state index is -0.653. The maximum Gasteiger partial charge on any atom is 0.189 e. The Morgan fingerprint density at radius 2 is 1.86 bits per heavy atom. The number of fused-ring (bicyclic) bond motifs is 1. The lowest BCUT2D eigenvalue weighted by Crippen LogP contribution is -1.99. The average Bonchev–Trinajstić information content (AvgIpc) is 3.14. The summed E-state index contributed by atoms with van der Waals surface area (Å²) in [6.07, 6.45) is 1.57. The maximum atomic E-state index is 13.8. The van der Waals surface area contributed by atoms with Crippen molar-refractivity contribution in [1.82, 2.24) is 25.2 Å². The number of hydrogen-bond acceptors (Lipinski definition) is 3. The van der Waals surface area contributed by atoms with Gasteiger partial charge in [-0.3, -0.25) is 0 Å². The Kier molecular flexibility index (Phi) is 2.72. The van der Waals surface area contributed by atoms with Crippen molar-refractivity contribution < 1.29 is 8.78 Å². The number of nitrogens with one attached hydrogen (secondary N) is 1. The molecule has 2 aromatic heterocycles. The predicted molar refractivity (Wildman–Crippen MR) is 76.4 cm³/mol. The van der Waals surface area contributed by atoms with E-state index in [9.17, 15) is 8.78 Å². The Balaban J connectivity index is 1.96. The summed E-state index contributed by atoms with van der Waals surface area (Å²) in [5.74, 6) is -0.896. The Morgan fingerprint density at radius 1 is 1.05 bits per heavy atom. The molecule has 5 nitrogen and oxygen atoms in total. The van der Waals surface area contributed by atoms with Crippen LogP contribution in [-0.2, 0) is 0 Å². The average molecular weight is 297 g/mol. The van der Waals surface area contributed by atoms with Crippen LogP contribution in [0.15, 0.2) is 48.7 Å². The molecular formula is C15H9F2N5. The van der Waals surface area contributed by atoms with Gasteiger partial charge in [0.25, 0.3) is 0 Å². The second kappa shape index (κ2) is 4.73. The smallest absolute Gasteiger partial charge is 0.189 e. The molecule has 0 aliphatic carbocycles. The van der Waals surface area contributed by atoms with Gasteiger partial charge in [0, 0.05) is 23.2 Å². The summed E-state index contributed by atoms with van der Waals surface area (Å²) in [5.41, 5.74) is 1.51. The zero-order chi connectivity index (χ0) is 15.1. The highest BCUT2D eigenvalue weighted by molar-refractivity contribution is 5.94. The molecule has 0 saturated carbocycles. The lowest BCUT2D eigenvalue weighted by Gasteiger charge is -2.03. The van der Waals surface area contributed by atoms with Gasteiger partial charge in [-0.2, -0.15) is 4.68 Å². The molecule has 0 amide bonds. The van der Waals surface area contributed by atoms with Gasteiger partial charge < -0.3 is 4.98 Å². The molecule has 2 heterocycles. The van der Waals surface area contributed by atoms with Gasteiger partial charge in [0.1, 0.15) is 11.6 Å². The van der Waals surface area contributed by atoms with E-state index >= 15 is 0 Å². The first-order valence-electron chi connectivity index (χ1n) is 6.54. The normalized spacial score (nSPS) is 11.2. The number of aromatic nitrogens is 5. The third kappa shape index (κ3) is 1.86. The lowest BCUT2D eigenvalue weighted by molar-refractivity contribution is 0.591. The molecule has 0 atom stereocenters. The Bertz CT molecular complexity index is 959. The van der Waals surface area contributed by atoms with Crippen LogP contribution in [0.25, 0.3) is 28.0 Å². The van der Waals surface area contributed by atoms with E-state index in [0.717, 1.165) is 11.8 Å². The SMILES string of the molecule is Fc1cc(F)c2[nH]cc(-c3nnnn3-c3ccccc3)c2c1. The molecule has 22 heavy (non-hydrogen) atoms. The molecule has 0 unspecified atom stereocenters. The summed E-state index contributed by atoms with van der Waals surface area (Å²) in [4.78, 5) is 2.80. The number of rotatable bonds is 2. The highest BCUT2D eigenvalue weighted by Gasteiger charge is 2.17. The van der Waals surface area contributed by atoms with Crippen LogP contribution in [0.3, 0.4) is 0 Å². The van der Waals surface area contributed by atoms with Crippen LogP contribution in [0.4, 0.5) is 8.78 Å². The Labute approximate surface area is 123 Å². The quantitative estimate of drug-likeness (QED) is 0.618. The van der Waals surface area contributed by atoms with Crippen LogP contribution in [-0.4, -0.2) is 25.2 Å². The monoisotopic (exact) mass is 297 g/mol. The maximum absolute atomic E-state index is 13.8. The second-order valence-electron chi connectivity index (χ2n) is 4.76. The van der Waals surface area contributed by atoms with Crippen molar-refractivity contribution >= 4 is 10.9 Å². The van der Waals surface area contributed by atoms with E-state index < -0.39 is 11.6 Å². The molecule has 0 aliphatic heterocycles. The van der Waals surface area contributed by atoms with Gasteiger partial charge in [-0.1, -0.05) is 18.2 Å². The van der Waals surface area contributed by atoms with Gasteiger partial charge in [-0.25, -0.2) is 8.78 Å². The molecule has 0 aliphatic rings. The van der Waals surface area contributed by atoms with Crippen molar-refractivity contribution in [1.29, 1.82) is 0 Å². The molecule has 4 aromatic rings. The van der Waals surface area contributed by atoms with Gasteiger partial charge >= 0.3 is 0 Å². The summed E-state index contributed by atoms with van der Waals surface area (Å²) in [6, 6.07) is 11.4. The van der Waals surface area contributed by atoms with Gasteiger partial charge in [-0.05, 0) is 28.6 Å². The Hall–Kier alpha value is -3.09. The van der Waals surface area contributed by atoms with E-state index in [1.165, 1.54) is 10.7 Å². The fourth-order valence-electron chi connectivity index (χ4n) is 2.44. The van der Waals surface area contributed by atoms with E-state index in [1.807, 2.05) is 30.3 Å². The van der Waals surface area contributed by atoms with E-state index in [-0.39, 0.29) is 5.52 Å². The van der Waals surface area contributed by atoms with Gasteiger partial charge in [0.05, 0.1) is 11.2 Å². The number of H-pyrrole nitrogens is 1. The summed E-state index contributed by atoms with van der Waals surface area (Å²) in [5, 5.41) is 12.0. The standard InChI is InChI=1S/C15H9F2N5/c16-9-6-11-12(8-18-14(11)13(17)7-9)15-19-20-21-22(15)10-4-2-1-3-5-10/h1-8,18H. The van der Waals surface area contributed by atoms with E-state index in [1.54, 1.807) is 6.20 Å². The summed E-state index contributed by atoms with van der Waals surface area (Å²) >= 11 is 0. The van der Waals surface area contributed by atoms with E-state index in [2.05, 4.69) is 20.5 Å². The van der Waals surface area contributed by atoms with Crippen molar-refractivity contribution in [3.8, 4) is 17.1 Å².